The number of hydrogen-bond acceptors (Lipinski definition) is 5. The van der Waals surface area contributed by atoms with E-state index in [9.17, 15) is 9.90 Å². The highest BCUT2D eigenvalue weighted by atomic mass is 35.5. The summed E-state index contributed by atoms with van der Waals surface area (Å²) in [6.07, 6.45) is 5.59. The first-order valence-corrected chi connectivity index (χ1v) is 8.03. The molecule has 0 bridgehead atoms. The minimum atomic E-state index is -0.535. The molecule has 0 atom stereocenters. The maximum absolute atomic E-state index is 12.4. The van der Waals surface area contributed by atoms with Gasteiger partial charge in [-0.2, -0.15) is 0 Å². The third-order valence-electron chi connectivity index (χ3n) is 4.08. The van der Waals surface area contributed by atoms with Crippen molar-refractivity contribution in [3.8, 4) is 0 Å². The van der Waals surface area contributed by atoms with Gasteiger partial charge in [-0.15, -0.1) is 0 Å². The SMILES string of the molecule is C=C(Cl)CO/N=C(\CC)C1=C(O)CC2(CCCCC2)OC1=O. The lowest BCUT2D eigenvalue weighted by molar-refractivity contribution is -0.161. The molecule has 1 spiro atoms. The third-order valence-corrected chi connectivity index (χ3v) is 4.18. The molecule has 122 valence electrons. The van der Waals surface area contributed by atoms with E-state index in [1.165, 1.54) is 0 Å². The predicted molar refractivity (Wildman–Crippen MR) is 84.9 cm³/mol. The van der Waals surface area contributed by atoms with Crippen LogP contribution in [0, 0.1) is 0 Å². The number of ether oxygens (including phenoxy) is 1. The van der Waals surface area contributed by atoms with Crippen LogP contribution in [0.2, 0.25) is 0 Å². The Morgan fingerprint density at radius 1 is 1.45 bits per heavy atom. The van der Waals surface area contributed by atoms with E-state index in [1.54, 1.807) is 0 Å². The number of hydrogen-bond donors (Lipinski definition) is 1. The summed E-state index contributed by atoms with van der Waals surface area (Å²) in [7, 11) is 0. The summed E-state index contributed by atoms with van der Waals surface area (Å²) in [6, 6.07) is 0. The lowest BCUT2D eigenvalue weighted by Crippen LogP contribution is -2.43. The molecule has 0 aromatic carbocycles. The summed E-state index contributed by atoms with van der Waals surface area (Å²) in [5, 5.41) is 14.6. The van der Waals surface area contributed by atoms with Crippen LogP contribution in [0.5, 0.6) is 0 Å². The molecule has 1 saturated carbocycles. The monoisotopic (exact) mass is 327 g/mol. The van der Waals surface area contributed by atoms with Crippen molar-refractivity contribution in [2.75, 3.05) is 6.61 Å². The summed E-state index contributed by atoms with van der Waals surface area (Å²) in [5.74, 6) is -0.466. The molecule has 1 aliphatic carbocycles. The molecule has 1 N–H and O–H groups in total. The molecule has 0 amide bonds. The fourth-order valence-electron chi connectivity index (χ4n) is 3.02. The van der Waals surface area contributed by atoms with E-state index in [-0.39, 0.29) is 17.9 Å². The number of carbonyl (C=O) groups excluding carboxylic acids is 1. The Morgan fingerprint density at radius 3 is 2.68 bits per heavy atom. The van der Waals surface area contributed by atoms with Crippen LogP contribution in [0.4, 0.5) is 0 Å². The Balaban J connectivity index is 2.19. The molecule has 1 aliphatic heterocycles. The van der Waals surface area contributed by atoms with Crippen LogP contribution in [0.1, 0.15) is 51.9 Å². The maximum atomic E-state index is 12.4. The topological polar surface area (TPSA) is 68.1 Å². The number of halogens is 1. The second kappa shape index (κ2) is 7.18. The summed E-state index contributed by atoms with van der Waals surface area (Å²) >= 11 is 5.60. The summed E-state index contributed by atoms with van der Waals surface area (Å²) < 4.78 is 5.67. The molecule has 0 saturated heterocycles. The Labute approximate surface area is 135 Å². The first-order valence-electron chi connectivity index (χ1n) is 7.65. The minimum absolute atomic E-state index is 0.0482. The number of oxime groups is 1. The van der Waals surface area contributed by atoms with Gasteiger partial charge < -0.3 is 14.7 Å². The highest BCUT2D eigenvalue weighted by Gasteiger charge is 2.43. The summed E-state index contributed by atoms with van der Waals surface area (Å²) in [5.41, 5.74) is -0.0440. The van der Waals surface area contributed by atoms with E-state index in [1.807, 2.05) is 6.92 Å². The van der Waals surface area contributed by atoms with Crippen LogP contribution in [0.3, 0.4) is 0 Å². The zero-order valence-electron chi connectivity index (χ0n) is 12.9. The minimum Gasteiger partial charge on any atom is -0.511 e. The molecule has 6 heteroatoms. The molecule has 0 radical (unpaired) electrons. The van der Waals surface area contributed by atoms with Crippen LogP contribution in [0.25, 0.3) is 0 Å². The average Bonchev–Trinajstić information content (AvgIpc) is 2.45. The largest absolute Gasteiger partial charge is 0.511 e. The van der Waals surface area contributed by atoms with Crippen molar-refractivity contribution in [3.05, 3.63) is 22.9 Å². The van der Waals surface area contributed by atoms with E-state index in [2.05, 4.69) is 11.7 Å². The van der Waals surface area contributed by atoms with E-state index in [4.69, 9.17) is 21.2 Å². The lowest BCUT2D eigenvalue weighted by atomic mass is 9.79. The van der Waals surface area contributed by atoms with Crippen LogP contribution >= 0.6 is 11.6 Å². The van der Waals surface area contributed by atoms with Crippen LogP contribution < -0.4 is 0 Å². The van der Waals surface area contributed by atoms with Gasteiger partial charge in [0.1, 0.15) is 16.9 Å². The number of aliphatic hydroxyl groups is 1. The lowest BCUT2D eigenvalue weighted by Gasteiger charge is -2.39. The van der Waals surface area contributed by atoms with Crippen molar-refractivity contribution < 1.29 is 19.5 Å². The van der Waals surface area contributed by atoms with Crippen LogP contribution in [-0.4, -0.2) is 29.0 Å². The van der Waals surface area contributed by atoms with Gasteiger partial charge in [-0.1, -0.05) is 36.7 Å². The first-order chi connectivity index (χ1) is 10.5. The molecule has 1 fully saturated rings. The third kappa shape index (κ3) is 3.83. The molecule has 22 heavy (non-hydrogen) atoms. The van der Waals surface area contributed by atoms with Crippen molar-refractivity contribution in [2.45, 2.75) is 57.5 Å². The highest BCUT2D eigenvalue weighted by Crippen LogP contribution is 2.40. The Hall–Kier alpha value is -1.49. The molecule has 5 nitrogen and oxygen atoms in total. The van der Waals surface area contributed by atoms with E-state index in [0.717, 1.165) is 32.1 Å². The smallest absolute Gasteiger partial charge is 0.344 e. The Bertz CT molecular complexity index is 518. The van der Waals surface area contributed by atoms with Gasteiger partial charge in [0, 0.05) is 6.42 Å². The zero-order valence-corrected chi connectivity index (χ0v) is 13.6. The van der Waals surface area contributed by atoms with Crippen molar-refractivity contribution in [2.24, 2.45) is 5.16 Å². The number of esters is 1. The van der Waals surface area contributed by atoms with Crippen molar-refractivity contribution >= 4 is 23.3 Å². The fraction of sp³-hybridized carbons (Fsp3) is 0.625. The van der Waals surface area contributed by atoms with Gasteiger partial charge in [-0.25, -0.2) is 4.79 Å². The predicted octanol–water partition coefficient (Wildman–Crippen LogP) is 3.98. The van der Waals surface area contributed by atoms with Crippen LogP contribution in [-0.2, 0) is 14.4 Å². The van der Waals surface area contributed by atoms with E-state index in [0.29, 0.717) is 23.6 Å². The van der Waals surface area contributed by atoms with E-state index >= 15 is 0 Å². The molecular formula is C16H22ClNO4. The molecule has 1 heterocycles. The summed E-state index contributed by atoms with van der Waals surface area (Å²) in [6.45, 7) is 5.38. The second-order valence-corrected chi connectivity index (χ2v) is 6.35. The molecule has 2 aliphatic rings. The first kappa shape index (κ1) is 16.9. The average molecular weight is 328 g/mol. The number of rotatable bonds is 5. The molecule has 0 aromatic heterocycles. The number of nitrogens with zero attached hydrogens (tertiary/aromatic N) is 1. The molecular weight excluding hydrogens is 306 g/mol. The molecule has 0 unspecified atom stereocenters. The normalized spacial score (nSPS) is 21.7. The van der Waals surface area contributed by atoms with Gasteiger partial charge in [-0.05, 0) is 32.1 Å². The van der Waals surface area contributed by atoms with Crippen LogP contribution in [0.15, 0.2) is 28.1 Å². The zero-order chi connectivity index (χ0) is 16.2. The van der Waals surface area contributed by atoms with Crippen molar-refractivity contribution in [1.29, 1.82) is 0 Å². The fourth-order valence-corrected chi connectivity index (χ4v) is 3.07. The van der Waals surface area contributed by atoms with Gasteiger partial charge in [-0.3, -0.25) is 0 Å². The maximum Gasteiger partial charge on any atom is 0.344 e. The van der Waals surface area contributed by atoms with Crippen molar-refractivity contribution in [1.82, 2.24) is 0 Å². The van der Waals surface area contributed by atoms with E-state index < -0.39 is 11.6 Å². The quantitative estimate of drug-likeness (QED) is 0.471. The Kier molecular flexibility index (Phi) is 5.51. The molecule has 0 aromatic rings. The van der Waals surface area contributed by atoms with Gasteiger partial charge in [0.2, 0.25) is 0 Å². The number of carbonyl (C=O) groups is 1. The highest BCUT2D eigenvalue weighted by molar-refractivity contribution is 6.29. The Morgan fingerprint density at radius 2 is 2.14 bits per heavy atom. The standard InChI is InChI=1S/C16H22ClNO4/c1-3-12(18-21-10-11(2)17)14-13(19)9-16(22-15(14)20)7-5-4-6-8-16/h19H,2-10H2,1H3/b18-12+. The second-order valence-electron chi connectivity index (χ2n) is 5.81. The van der Waals surface area contributed by atoms with Crippen molar-refractivity contribution in [3.63, 3.8) is 0 Å². The van der Waals surface area contributed by atoms with Gasteiger partial charge in [0.25, 0.3) is 0 Å². The molecule has 2 rings (SSSR count). The summed E-state index contributed by atoms with van der Waals surface area (Å²) in [4.78, 5) is 17.4. The van der Waals surface area contributed by atoms with Gasteiger partial charge >= 0.3 is 5.97 Å². The number of aliphatic hydroxyl groups excluding tert-OH is 1. The van der Waals surface area contributed by atoms with Gasteiger partial charge in [0.05, 0.1) is 10.7 Å². The van der Waals surface area contributed by atoms with Gasteiger partial charge in [0.15, 0.2) is 6.61 Å².